The molecule has 5 nitrogen and oxygen atoms in total. The van der Waals surface area contributed by atoms with Gasteiger partial charge in [-0.25, -0.2) is 14.1 Å². The minimum absolute atomic E-state index is 0.0278. The maximum absolute atomic E-state index is 13.1. The number of carbonyl (C=O) groups is 1. The SMILES string of the molecule is CC(C)(C)OC(=O)N1CC2(CN(Sc3ccc(Cl)nc3C(F)(F)F)C2)C1. The molecule has 10 heteroatoms. The van der Waals surface area contributed by atoms with Crippen molar-refractivity contribution in [3.63, 3.8) is 0 Å². The van der Waals surface area contributed by atoms with E-state index in [-0.39, 0.29) is 21.6 Å². The summed E-state index contributed by atoms with van der Waals surface area (Å²) in [6, 6.07) is 2.68. The van der Waals surface area contributed by atoms with Crippen LogP contribution in [0.25, 0.3) is 0 Å². The van der Waals surface area contributed by atoms with Gasteiger partial charge in [0.25, 0.3) is 0 Å². The average molecular weight is 410 g/mol. The number of alkyl halides is 3. The van der Waals surface area contributed by atoms with Crippen molar-refractivity contribution in [2.45, 2.75) is 37.4 Å². The number of aromatic nitrogens is 1. The summed E-state index contributed by atoms with van der Waals surface area (Å²) in [5.41, 5.74) is -1.57. The van der Waals surface area contributed by atoms with Crippen molar-refractivity contribution in [2.75, 3.05) is 26.2 Å². The van der Waals surface area contributed by atoms with Crippen LogP contribution >= 0.6 is 23.5 Å². The lowest BCUT2D eigenvalue weighted by Gasteiger charge is -2.59. The van der Waals surface area contributed by atoms with Gasteiger partial charge in [0.05, 0.1) is 4.90 Å². The van der Waals surface area contributed by atoms with Crippen LogP contribution in [0, 0.1) is 5.41 Å². The van der Waals surface area contributed by atoms with Crippen LogP contribution in [-0.2, 0) is 10.9 Å². The van der Waals surface area contributed by atoms with Crippen molar-refractivity contribution in [2.24, 2.45) is 5.41 Å². The molecule has 3 heterocycles. The number of halogens is 4. The van der Waals surface area contributed by atoms with Gasteiger partial charge in [-0.05, 0) is 44.9 Å². The smallest absolute Gasteiger partial charge is 0.434 e. The molecule has 0 aliphatic carbocycles. The normalized spacial score (nSPS) is 19.9. The summed E-state index contributed by atoms with van der Waals surface area (Å²) < 4.78 is 46.4. The lowest BCUT2D eigenvalue weighted by Crippen LogP contribution is -2.71. The van der Waals surface area contributed by atoms with E-state index < -0.39 is 17.5 Å². The van der Waals surface area contributed by atoms with Crippen molar-refractivity contribution < 1.29 is 22.7 Å². The minimum Gasteiger partial charge on any atom is -0.444 e. The van der Waals surface area contributed by atoms with E-state index in [0.29, 0.717) is 26.2 Å². The Morgan fingerprint density at radius 1 is 1.23 bits per heavy atom. The first kappa shape index (κ1) is 19.6. The van der Waals surface area contributed by atoms with Gasteiger partial charge in [0.15, 0.2) is 5.69 Å². The fourth-order valence-corrected chi connectivity index (χ4v) is 4.50. The highest BCUT2D eigenvalue weighted by atomic mass is 35.5. The highest BCUT2D eigenvalue weighted by Gasteiger charge is 2.54. The molecule has 1 aromatic rings. The first-order valence-electron chi connectivity index (χ1n) is 8.02. The zero-order valence-electron chi connectivity index (χ0n) is 14.6. The van der Waals surface area contributed by atoms with Gasteiger partial charge in [0.1, 0.15) is 10.8 Å². The van der Waals surface area contributed by atoms with Crippen LogP contribution in [0.2, 0.25) is 5.15 Å². The molecule has 2 fully saturated rings. The molecular weight excluding hydrogens is 391 g/mol. The van der Waals surface area contributed by atoms with E-state index >= 15 is 0 Å². The molecule has 0 unspecified atom stereocenters. The highest BCUT2D eigenvalue weighted by Crippen LogP contribution is 2.46. The zero-order chi connectivity index (χ0) is 19.3. The average Bonchev–Trinajstić information content (AvgIpc) is 2.38. The molecule has 0 radical (unpaired) electrons. The number of hydrogen-bond acceptors (Lipinski definition) is 5. The first-order valence-corrected chi connectivity index (χ1v) is 9.17. The molecule has 0 N–H and O–H groups in total. The van der Waals surface area contributed by atoms with Crippen molar-refractivity contribution >= 4 is 29.6 Å². The topological polar surface area (TPSA) is 45.7 Å². The third kappa shape index (κ3) is 4.20. The van der Waals surface area contributed by atoms with Crippen molar-refractivity contribution in [1.29, 1.82) is 0 Å². The molecule has 1 aromatic heterocycles. The van der Waals surface area contributed by atoms with Crippen LogP contribution in [0.3, 0.4) is 0 Å². The standard InChI is InChI=1S/C16H19ClF3N3O2S/c1-14(2,3)25-13(24)22-6-15(7-22)8-23(9-15)26-10-4-5-11(17)21-12(10)16(18,19)20/h4-5H,6-9H2,1-3H3. The second kappa shape index (κ2) is 6.45. The number of rotatable bonds is 2. The Labute approximate surface area is 159 Å². The molecule has 0 atom stereocenters. The molecule has 0 saturated carbocycles. The van der Waals surface area contributed by atoms with Gasteiger partial charge < -0.3 is 9.64 Å². The summed E-state index contributed by atoms with van der Waals surface area (Å²) in [6.07, 6.45) is -4.91. The van der Waals surface area contributed by atoms with E-state index in [1.165, 1.54) is 12.1 Å². The number of ether oxygens (including phenoxy) is 1. The summed E-state index contributed by atoms with van der Waals surface area (Å²) in [5, 5.41) is -0.186. The number of hydrogen-bond donors (Lipinski definition) is 0. The fourth-order valence-electron chi connectivity index (χ4n) is 3.02. The minimum atomic E-state index is -4.56. The molecule has 2 aliphatic heterocycles. The Balaban J connectivity index is 1.54. The van der Waals surface area contributed by atoms with Gasteiger partial charge >= 0.3 is 12.3 Å². The number of amides is 1. The van der Waals surface area contributed by atoms with Crippen LogP contribution in [0.5, 0.6) is 0 Å². The number of likely N-dealkylation sites (tertiary alicyclic amines) is 1. The Morgan fingerprint density at radius 3 is 2.38 bits per heavy atom. The fraction of sp³-hybridized carbons (Fsp3) is 0.625. The second-order valence-corrected chi connectivity index (χ2v) is 9.23. The molecule has 0 aromatic carbocycles. The zero-order valence-corrected chi connectivity index (χ0v) is 16.1. The maximum Gasteiger partial charge on any atom is 0.434 e. The van der Waals surface area contributed by atoms with Gasteiger partial charge in [0.2, 0.25) is 0 Å². The second-order valence-electron chi connectivity index (χ2n) is 7.70. The summed E-state index contributed by atoms with van der Waals surface area (Å²) in [7, 11) is 0. The highest BCUT2D eigenvalue weighted by molar-refractivity contribution is 7.97. The van der Waals surface area contributed by atoms with Crippen molar-refractivity contribution in [3.8, 4) is 0 Å². The lowest BCUT2D eigenvalue weighted by molar-refractivity contribution is -0.143. The van der Waals surface area contributed by atoms with E-state index in [2.05, 4.69) is 4.98 Å². The van der Waals surface area contributed by atoms with E-state index in [4.69, 9.17) is 16.3 Å². The first-order chi connectivity index (χ1) is 11.9. The Hall–Kier alpha value is -1.19. The number of nitrogens with zero attached hydrogens (tertiary/aromatic N) is 3. The molecule has 3 rings (SSSR count). The summed E-state index contributed by atoms with van der Waals surface area (Å²) in [5.74, 6) is 0. The number of pyridine rings is 1. The largest absolute Gasteiger partial charge is 0.444 e. The molecule has 144 valence electrons. The summed E-state index contributed by atoms with van der Waals surface area (Å²) in [6.45, 7) is 7.75. The van der Waals surface area contributed by atoms with Crippen LogP contribution in [-0.4, -0.2) is 52.1 Å². The summed E-state index contributed by atoms with van der Waals surface area (Å²) >= 11 is 6.61. The van der Waals surface area contributed by atoms with Gasteiger partial charge in [-0.15, -0.1) is 0 Å². The molecule has 2 saturated heterocycles. The van der Waals surface area contributed by atoms with E-state index in [9.17, 15) is 18.0 Å². The predicted octanol–water partition coefficient (Wildman–Crippen LogP) is 4.31. The summed E-state index contributed by atoms with van der Waals surface area (Å²) in [4.78, 5) is 17.0. The van der Waals surface area contributed by atoms with E-state index in [1.807, 2.05) is 4.31 Å². The van der Waals surface area contributed by atoms with Crippen LogP contribution < -0.4 is 0 Å². The van der Waals surface area contributed by atoms with Gasteiger partial charge in [-0.3, -0.25) is 0 Å². The quantitative estimate of drug-likeness (QED) is 0.538. The Morgan fingerprint density at radius 2 is 1.85 bits per heavy atom. The van der Waals surface area contributed by atoms with Crippen molar-refractivity contribution in [1.82, 2.24) is 14.2 Å². The van der Waals surface area contributed by atoms with E-state index in [1.54, 1.807) is 25.7 Å². The Kier molecular flexibility index (Phi) is 4.86. The molecule has 1 spiro atoms. The third-order valence-corrected chi connectivity index (χ3v) is 5.30. The third-order valence-electron chi connectivity index (χ3n) is 4.05. The molecule has 1 amide bonds. The van der Waals surface area contributed by atoms with Crippen LogP contribution in [0.4, 0.5) is 18.0 Å². The molecule has 0 bridgehead atoms. The Bertz CT molecular complexity index is 710. The van der Waals surface area contributed by atoms with E-state index in [0.717, 1.165) is 11.9 Å². The van der Waals surface area contributed by atoms with Gasteiger partial charge in [-0.2, -0.15) is 13.2 Å². The van der Waals surface area contributed by atoms with Gasteiger partial charge in [-0.1, -0.05) is 11.6 Å². The monoisotopic (exact) mass is 409 g/mol. The van der Waals surface area contributed by atoms with Crippen LogP contribution in [0.1, 0.15) is 26.5 Å². The predicted molar refractivity (Wildman–Crippen MR) is 91.9 cm³/mol. The lowest BCUT2D eigenvalue weighted by atomic mass is 9.75. The molecule has 26 heavy (non-hydrogen) atoms. The maximum atomic E-state index is 13.1. The molecular formula is C16H19ClF3N3O2S. The van der Waals surface area contributed by atoms with Crippen molar-refractivity contribution in [3.05, 3.63) is 23.0 Å². The van der Waals surface area contributed by atoms with Crippen LogP contribution in [0.15, 0.2) is 17.0 Å². The molecule has 2 aliphatic rings. The number of carbonyl (C=O) groups excluding carboxylic acids is 1. The van der Waals surface area contributed by atoms with Gasteiger partial charge in [0, 0.05) is 31.6 Å².